The standard InChI is InChI=1S/C17H24S/c1-4-11(2)9-15-12(3)10-16-13(15)5-6-17-14(16)7-8-18-17/h7-8,10-13,15H,4-6,9H2,1-3H3. The molecule has 0 aliphatic heterocycles. The Labute approximate surface area is 115 Å². The fourth-order valence-corrected chi connectivity index (χ4v) is 4.79. The lowest BCUT2D eigenvalue weighted by Gasteiger charge is -2.30. The summed E-state index contributed by atoms with van der Waals surface area (Å²) in [6.45, 7) is 7.18. The molecule has 1 aromatic rings. The molecular formula is C17H24S. The molecule has 0 N–H and O–H groups in total. The summed E-state index contributed by atoms with van der Waals surface area (Å²) in [6.07, 6.45) is 8.04. The van der Waals surface area contributed by atoms with Gasteiger partial charge >= 0.3 is 0 Å². The van der Waals surface area contributed by atoms with Gasteiger partial charge in [0.25, 0.3) is 0 Å². The van der Waals surface area contributed by atoms with Crippen molar-refractivity contribution in [1.82, 2.24) is 0 Å². The normalized spacial score (nSPS) is 31.7. The third-order valence-corrected chi connectivity index (χ3v) is 6.13. The van der Waals surface area contributed by atoms with Crippen LogP contribution in [0.1, 0.15) is 50.5 Å². The molecule has 4 unspecified atom stereocenters. The fourth-order valence-electron chi connectivity index (χ4n) is 3.87. The Bertz CT molecular complexity index is 454. The Morgan fingerprint density at radius 3 is 3.06 bits per heavy atom. The fraction of sp³-hybridized carbons (Fsp3) is 0.647. The van der Waals surface area contributed by atoms with Gasteiger partial charge in [0.2, 0.25) is 0 Å². The Hall–Kier alpha value is -0.560. The highest BCUT2D eigenvalue weighted by molar-refractivity contribution is 7.10. The minimum Gasteiger partial charge on any atom is -0.148 e. The predicted octanol–water partition coefficient (Wildman–Crippen LogP) is 5.40. The van der Waals surface area contributed by atoms with Crippen molar-refractivity contribution in [1.29, 1.82) is 0 Å². The van der Waals surface area contributed by atoms with Crippen LogP contribution in [-0.2, 0) is 6.42 Å². The van der Waals surface area contributed by atoms with Crippen LogP contribution in [-0.4, -0.2) is 0 Å². The molecule has 0 saturated heterocycles. The number of fused-ring (bicyclic) bond motifs is 3. The quantitative estimate of drug-likeness (QED) is 0.683. The molecule has 0 spiro atoms. The highest BCUT2D eigenvalue weighted by Crippen LogP contribution is 2.51. The van der Waals surface area contributed by atoms with E-state index in [-0.39, 0.29) is 0 Å². The molecule has 0 nitrogen and oxygen atoms in total. The second-order valence-electron chi connectivity index (χ2n) is 6.30. The maximum atomic E-state index is 2.59. The van der Waals surface area contributed by atoms with Gasteiger partial charge < -0.3 is 0 Å². The second kappa shape index (κ2) is 4.85. The summed E-state index contributed by atoms with van der Waals surface area (Å²) in [5, 5.41) is 2.28. The van der Waals surface area contributed by atoms with Gasteiger partial charge in [-0.3, -0.25) is 0 Å². The van der Waals surface area contributed by atoms with Crippen molar-refractivity contribution < 1.29 is 0 Å². The first-order chi connectivity index (χ1) is 8.70. The van der Waals surface area contributed by atoms with Crippen LogP contribution >= 0.6 is 11.3 Å². The molecule has 1 heterocycles. The first-order valence-corrected chi connectivity index (χ1v) is 8.37. The molecule has 0 fully saturated rings. The van der Waals surface area contributed by atoms with Crippen molar-refractivity contribution in [2.45, 2.75) is 46.5 Å². The minimum atomic E-state index is 0.782. The monoisotopic (exact) mass is 260 g/mol. The maximum Gasteiger partial charge on any atom is 0.0121 e. The lowest BCUT2D eigenvalue weighted by Crippen LogP contribution is -2.21. The van der Waals surface area contributed by atoms with Crippen LogP contribution in [0.15, 0.2) is 17.5 Å². The van der Waals surface area contributed by atoms with Crippen LogP contribution in [0.2, 0.25) is 0 Å². The van der Waals surface area contributed by atoms with Crippen LogP contribution in [0.3, 0.4) is 0 Å². The van der Waals surface area contributed by atoms with Gasteiger partial charge in [0, 0.05) is 4.88 Å². The van der Waals surface area contributed by atoms with Crippen molar-refractivity contribution in [2.24, 2.45) is 23.7 Å². The average Bonchev–Trinajstić information content (AvgIpc) is 2.94. The number of hydrogen-bond donors (Lipinski definition) is 0. The molecule has 1 heteroatoms. The first kappa shape index (κ1) is 12.5. The molecule has 1 aromatic heterocycles. The molecule has 0 saturated carbocycles. The van der Waals surface area contributed by atoms with Crippen molar-refractivity contribution in [3.05, 3.63) is 28.0 Å². The molecule has 0 radical (unpaired) electrons. The van der Waals surface area contributed by atoms with E-state index in [1.165, 1.54) is 25.7 Å². The average molecular weight is 260 g/mol. The number of hydrogen-bond acceptors (Lipinski definition) is 1. The van der Waals surface area contributed by atoms with Crippen LogP contribution in [0, 0.1) is 23.7 Å². The third kappa shape index (κ3) is 1.97. The topological polar surface area (TPSA) is 0 Å². The smallest absolute Gasteiger partial charge is 0.0121 e. The molecule has 0 aromatic carbocycles. The molecular weight excluding hydrogens is 236 g/mol. The summed E-state index contributed by atoms with van der Waals surface area (Å²) in [5.74, 6) is 3.43. The van der Waals surface area contributed by atoms with E-state index >= 15 is 0 Å². The summed E-state index contributed by atoms with van der Waals surface area (Å²) in [4.78, 5) is 1.63. The van der Waals surface area contributed by atoms with E-state index in [1.807, 2.05) is 11.3 Å². The highest BCUT2D eigenvalue weighted by atomic mass is 32.1. The second-order valence-corrected chi connectivity index (χ2v) is 7.30. The molecule has 0 bridgehead atoms. The maximum absolute atomic E-state index is 2.59. The largest absolute Gasteiger partial charge is 0.148 e. The van der Waals surface area contributed by atoms with E-state index in [1.54, 1.807) is 16.0 Å². The van der Waals surface area contributed by atoms with Gasteiger partial charge in [-0.05, 0) is 65.5 Å². The van der Waals surface area contributed by atoms with Crippen molar-refractivity contribution in [3.63, 3.8) is 0 Å². The summed E-state index contributed by atoms with van der Waals surface area (Å²) in [6, 6.07) is 2.36. The lowest BCUT2D eigenvalue weighted by molar-refractivity contribution is 0.270. The van der Waals surface area contributed by atoms with Crippen molar-refractivity contribution >= 4 is 16.9 Å². The van der Waals surface area contributed by atoms with Gasteiger partial charge in [-0.2, -0.15) is 0 Å². The van der Waals surface area contributed by atoms with Crippen LogP contribution in [0.4, 0.5) is 0 Å². The molecule has 2 aliphatic rings. The van der Waals surface area contributed by atoms with Gasteiger partial charge in [-0.25, -0.2) is 0 Å². The summed E-state index contributed by atoms with van der Waals surface area (Å²) in [7, 11) is 0. The summed E-state index contributed by atoms with van der Waals surface area (Å²) >= 11 is 1.95. The molecule has 18 heavy (non-hydrogen) atoms. The number of allylic oxidation sites excluding steroid dienone is 2. The summed E-state index contributed by atoms with van der Waals surface area (Å²) < 4.78 is 0. The number of rotatable bonds is 3. The van der Waals surface area contributed by atoms with Gasteiger partial charge in [0.1, 0.15) is 0 Å². The lowest BCUT2D eigenvalue weighted by atomic mass is 9.75. The summed E-state index contributed by atoms with van der Waals surface area (Å²) in [5.41, 5.74) is 3.29. The van der Waals surface area contributed by atoms with E-state index in [2.05, 4.69) is 38.3 Å². The van der Waals surface area contributed by atoms with Gasteiger partial charge in [0.15, 0.2) is 0 Å². The zero-order valence-electron chi connectivity index (χ0n) is 11.8. The van der Waals surface area contributed by atoms with Gasteiger partial charge in [-0.1, -0.05) is 33.3 Å². The van der Waals surface area contributed by atoms with Gasteiger partial charge in [-0.15, -0.1) is 11.3 Å². The zero-order chi connectivity index (χ0) is 12.7. The number of thiophene rings is 1. The van der Waals surface area contributed by atoms with Gasteiger partial charge in [0.05, 0.1) is 0 Å². The highest BCUT2D eigenvalue weighted by Gasteiger charge is 2.38. The zero-order valence-corrected chi connectivity index (χ0v) is 12.6. The molecule has 2 aliphatic carbocycles. The predicted molar refractivity (Wildman–Crippen MR) is 80.8 cm³/mol. The van der Waals surface area contributed by atoms with Crippen molar-refractivity contribution in [3.8, 4) is 0 Å². The molecule has 98 valence electrons. The number of aryl methyl sites for hydroxylation is 1. The van der Waals surface area contributed by atoms with E-state index in [0.717, 1.165) is 23.7 Å². The van der Waals surface area contributed by atoms with E-state index in [4.69, 9.17) is 0 Å². The Balaban J connectivity index is 1.85. The van der Waals surface area contributed by atoms with Crippen LogP contribution < -0.4 is 0 Å². The van der Waals surface area contributed by atoms with E-state index < -0.39 is 0 Å². The molecule has 4 atom stereocenters. The molecule has 3 rings (SSSR count). The Kier molecular flexibility index (Phi) is 3.36. The van der Waals surface area contributed by atoms with Crippen LogP contribution in [0.5, 0.6) is 0 Å². The third-order valence-electron chi connectivity index (χ3n) is 5.14. The van der Waals surface area contributed by atoms with E-state index in [9.17, 15) is 0 Å². The SMILES string of the molecule is CCC(C)CC1C(C)C=C2c3ccsc3CCC21. The first-order valence-electron chi connectivity index (χ1n) is 7.49. The minimum absolute atomic E-state index is 0.782. The Morgan fingerprint density at radius 2 is 2.28 bits per heavy atom. The molecule has 0 amide bonds. The van der Waals surface area contributed by atoms with E-state index in [0.29, 0.717) is 0 Å². The Morgan fingerprint density at radius 1 is 1.44 bits per heavy atom. The van der Waals surface area contributed by atoms with Crippen molar-refractivity contribution in [2.75, 3.05) is 0 Å². The van der Waals surface area contributed by atoms with Crippen LogP contribution in [0.25, 0.3) is 5.57 Å².